The minimum Gasteiger partial charge on any atom is -0.380 e. The first-order valence-electron chi connectivity index (χ1n) is 9.19. The van der Waals surface area contributed by atoms with Crippen molar-refractivity contribution in [2.45, 2.75) is 32.0 Å². The van der Waals surface area contributed by atoms with E-state index in [1.165, 1.54) is 11.3 Å². The molecule has 0 bridgehead atoms. The molecule has 3 aromatic rings. The van der Waals surface area contributed by atoms with Gasteiger partial charge in [0.05, 0.1) is 23.6 Å². The van der Waals surface area contributed by atoms with E-state index >= 15 is 0 Å². The molecule has 6 nitrogen and oxygen atoms in total. The molecule has 3 heterocycles. The third kappa shape index (κ3) is 3.57. The first-order chi connectivity index (χ1) is 12.7. The average Bonchev–Trinajstić information content (AvgIpc) is 3.28. The van der Waals surface area contributed by atoms with Gasteiger partial charge in [-0.3, -0.25) is 14.3 Å². The average molecular weight is 351 g/mol. The van der Waals surface area contributed by atoms with Gasteiger partial charge in [0, 0.05) is 26.3 Å². The van der Waals surface area contributed by atoms with Crippen molar-refractivity contribution in [1.82, 2.24) is 24.5 Å². The first kappa shape index (κ1) is 17.0. The second-order valence-electron chi connectivity index (χ2n) is 6.93. The molecule has 1 aliphatic heterocycles. The third-order valence-corrected chi connectivity index (χ3v) is 5.10. The molecule has 26 heavy (non-hydrogen) atoms. The Balaban J connectivity index is 1.37. The third-order valence-electron chi connectivity index (χ3n) is 5.10. The minimum atomic E-state index is -0.730. The lowest BCUT2D eigenvalue weighted by atomic mass is 10.1. The maximum Gasteiger partial charge on any atom is 0.139 e. The molecule has 1 aromatic carbocycles. The summed E-state index contributed by atoms with van der Waals surface area (Å²) in [6.45, 7) is 3.85. The van der Waals surface area contributed by atoms with Crippen LogP contribution in [0.1, 0.15) is 35.2 Å². The van der Waals surface area contributed by atoms with E-state index in [4.69, 9.17) is 0 Å². The fourth-order valence-corrected chi connectivity index (χ4v) is 3.62. The topological polar surface area (TPSA) is 59.1 Å². The first-order valence-corrected chi connectivity index (χ1v) is 9.19. The van der Waals surface area contributed by atoms with E-state index in [0.717, 1.165) is 44.7 Å². The van der Waals surface area contributed by atoms with Crippen molar-refractivity contribution in [1.29, 1.82) is 0 Å². The number of fused-ring (bicyclic) bond motifs is 1. The standard InChI is InChI=1S/C20H25N5O/c1-23-19(9-10-21-23)20(26)18-14-17-15-24(12-13-25(17)22-18)11-5-8-16-6-3-2-4-7-16/h2-4,6-7,9-10,14,20,26H,5,8,11-13,15H2,1H3/t20-/m0/s1. The molecule has 2 aromatic heterocycles. The summed E-state index contributed by atoms with van der Waals surface area (Å²) >= 11 is 0. The van der Waals surface area contributed by atoms with Crippen LogP contribution < -0.4 is 0 Å². The predicted octanol–water partition coefficient (Wildman–Crippen LogP) is 2.15. The van der Waals surface area contributed by atoms with E-state index in [2.05, 4.69) is 45.4 Å². The van der Waals surface area contributed by atoms with E-state index in [-0.39, 0.29) is 0 Å². The van der Waals surface area contributed by atoms with Gasteiger partial charge in [-0.05, 0) is 37.1 Å². The molecule has 1 aliphatic rings. The van der Waals surface area contributed by atoms with Crippen LogP contribution in [0.4, 0.5) is 0 Å². The predicted molar refractivity (Wildman–Crippen MR) is 99.5 cm³/mol. The highest BCUT2D eigenvalue weighted by Gasteiger charge is 2.23. The van der Waals surface area contributed by atoms with Crippen LogP contribution in [0.2, 0.25) is 0 Å². The molecule has 0 spiro atoms. The van der Waals surface area contributed by atoms with E-state index in [9.17, 15) is 5.11 Å². The van der Waals surface area contributed by atoms with Crippen LogP contribution in [0.5, 0.6) is 0 Å². The Kier molecular flexibility index (Phi) is 4.86. The van der Waals surface area contributed by atoms with Gasteiger partial charge in [-0.1, -0.05) is 30.3 Å². The van der Waals surface area contributed by atoms with Crippen molar-refractivity contribution in [3.63, 3.8) is 0 Å². The summed E-state index contributed by atoms with van der Waals surface area (Å²) in [4.78, 5) is 2.47. The molecule has 0 radical (unpaired) electrons. The maximum absolute atomic E-state index is 10.6. The molecular weight excluding hydrogens is 326 g/mol. The molecule has 1 N–H and O–H groups in total. The molecular formula is C20H25N5O. The molecule has 136 valence electrons. The quantitative estimate of drug-likeness (QED) is 0.739. The smallest absolute Gasteiger partial charge is 0.139 e. The lowest BCUT2D eigenvalue weighted by Gasteiger charge is -2.27. The Bertz CT molecular complexity index is 854. The zero-order chi connectivity index (χ0) is 17.9. The Labute approximate surface area is 153 Å². The Morgan fingerprint density at radius 2 is 2.00 bits per heavy atom. The van der Waals surface area contributed by atoms with Gasteiger partial charge in [0.25, 0.3) is 0 Å². The summed E-state index contributed by atoms with van der Waals surface area (Å²) in [7, 11) is 1.84. The summed E-state index contributed by atoms with van der Waals surface area (Å²) in [5.41, 5.74) is 4.04. The minimum absolute atomic E-state index is 0.703. The normalized spacial score (nSPS) is 15.8. The number of hydrogen-bond acceptors (Lipinski definition) is 4. The molecule has 0 saturated carbocycles. The fraction of sp³-hybridized carbons (Fsp3) is 0.400. The van der Waals surface area contributed by atoms with E-state index < -0.39 is 6.10 Å². The van der Waals surface area contributed by atoms with Crippen molar-refractivity contribution < 1.29 is 5.11 Å². The lowest BCUT2D eigenvalue weighted by molar-refractivity contribution is 0.198. The largest absolute Gasteiger partial charge is 0.380 e. The number of aliphatic hydroxyl groups is 1. The molecule has 6 heteroatoms. The summed E-state index contributed by atoms with van der Waals surface area (Å²) in [6, 6.07) is 14.5. The second kappa shape index (κ2) is 7.43. The number of nitrogens with zero attached hydrogens (tertiary/aromatic N) is 5. The molecule has 0 saturated heterocycles. The molecule has 0 fully saturated rings. The van der Waals surface area contributed by atoms with Gasteiger partial charge in [0.1, 0.15) is 6.10 Å². The van der Waals surface area contributed by atoms with Crippen LogP contribution in [0, 0.1) is 0 Å². The summed E-state index contributed by atoms with van der Waals surface area (Å²) in [5.74, 6) is 0. The summed E-state index contributed by atoms with van der Waals surface area (Å²) < 4.78 is 3.72. The molecule has 0 amide bonds. The van der Waals surface area contributed by atoms with Gasteiger partial charge in [-0.15, -0.1) is 0 Å². The number of aromatic nitrogens is 4. The van der Waals surface area contributed by atoms with Gasteiger partial charge in [0.15, 0.2) is 0 Å². The molecule has 0 aliphatic carbocycles. The second-order valence-corrected chi connectivity index (χ2v) is 6.93. The Hall–Kier alpha value is -2.44. The maximum atomic E-state index is 10.6. The number of aliphatic hydroxyl groups excluding tert-OH is 1. The zero-order valence-corrected chi connectivity index (χ0v) is 15.1. The lowest BCUT2D eigenvalue weighted by Crippen LogP contribution is -2.34. The summed E-state index contributed by atoms with van der Waals surface area (Å²) in [6.07, 6.45) is 3.24. The van der Waals surface area contributed by atoms with Crippen LogP contribution in [-0.4, -0.2) is 42.7 Å². The Morgan fingerprint density at radius 1 is 1.15 bits per heavy atom. The monoisotopic (exact) mass is 351 g/mol. The number of hydrogen-bond donors (Lipinski definition) is 1. The van der Waals surface area contributed by atoms with Crippen LogP contribution in [-0.2, 0) is 26.6 Å². The molecule has 4 rings (SSSR count). The van der Waals surface area contributed by atoms with Crippen molar-refractivity contribution >= 4 is 0 Å². The highest BCUT2D eigenvalue weighted by Crippen LogP contribution is 2.23. The van der Waals surface area contributed by atoms with E-state index in [1.807, 2.05) is 23.9 Å². The molecule has 0 unspecified atom stereocenters. The van der Waals surface area contributed by atoms with Crippen LogP contribution in [0.15, 0.2) is 48.7 Å². The zero-order valence-electron chi connectivity index (χ0n) is 15.1. The van der Waals surface area contributed by atoms with Gasteiger partial charge < -0.3 is 5.11 Å². The van der Waals surface area contributed by atoms with Crippen molar-refractivity contribution in [2.24, 2.45) is 7.05 Å². The van der Waals surface area contributed by atoms with Crippen LogP contribution in [0.25, 0.3) is 0 Å². The SMILES string of the molecule is Cn1nccc1[C@@H](O)c1cc2n(n1)CCN(CCCc1ccccc1)C2. The van der Waals surface area contributed by atoms with E-state index in [0.29, 0.717) is 5.69 Å². The highest BCUT2D eigenvalue weighted by atomic mass is 16.3. The van der Waals surface area contributed by atoms with Crippen molar-refractivity contribution in [2.75, 3.05) is 13.1 Å². The number of benzene rings is 1. The van der Waals surface area contributed by atoms with E-state index in [1.54, 1.807) is 10.9 Å². The van der Waals surface area contributed by atoms with Crippen LogP contribution >= 0.6 is 0 Å². The van der Waals surface area contributed by atoms with Gasteiger partial charge in [-0.2, -0.15) is 10.2 Å². The van der Waals surface area contributed by atoms with Crippen LogP contribution in [0.3, 0.4) is 0 Å². The van der Waals surface area contributed by atoms with Crippen molar-refractivity contribution in [3.8, 4) is 0 Å². The number of aryl methyl sites for hydroxylation is 2. The summed E-state index contributed by atoms with van der Waals surface area (Å²) in [5, 5.41) is 19.3. The van der Waals surface area contributed by atoms with Gasteiger partial charge >= 0.3 is 0 Å². The Morgan fingerprint density at radius 3 is 2.77 bits per heavy atom. The molecule has 1 atom stereocenters. The fourth-order valence-electron chi connectivity index (χ4n) is 3.62. The highest BCUT2D eigenvalue weighted by molar-refractivity contribution is 5.22. The number of rotatable bonds is 6. The van der Waals surface area contributed by atoms with Crippen molar-refractivity contribution in [3.05, 3.63) is 71.3 Å². The van der Waals surface area contributed by atoms with Gasteiger partial charge in [-0.25, -0.2) is 0 Å². The van der Waals surface area contributed by atoms with Gasteiger partial charge in [0.2, 0.25) is 0 Å².